The van der Waals surface area contributed by atoms with Gasteiger partial charge in [0.05, 0.1) is 5.02 Å². The molecule has 5 heteroatoms. The summed E-state index contributed by atoms with van der Waals surface area (Å²) in [6, 6.07) is 12.6. The lowest BCUT2D eigenvalue weighted by molar-refractivity contribution is -0.114. The number of phenolic OH excluding ortho intramolecular Hbond substituents is 1. The van der Waals surface area contributed by atoms with E-state index in [-0.39, 0.29) is 17.7 Å². The number of halogens is 1. The van der Waals surface area contributed by atoms with E-state index in [4.69, 9.17) is 11.6 Å². The third-order valence-electron chi connectivity index (χ3n) is 3.04. The molecule has 2 aromatic carbocycles. The Kier molecular flexibility index (Phi) is 4.70. The number of benzene rings is 2. The van der Waals surface area contributed by atoms with Crippen molar-refractivity contribution in [2.75, 3.05) is 10.6 Å². The summed E-state index contributed by atoms with van der Waals surface area (Å²) in [5.41, 5.74) is 2.61. The quantitative estimate of drug-likeness (QED) is 0.743. The standard InChI is InChI=1S/C16H17ClN2O2/c1-10(18-14-6-7-16(21)15(17)9-14)12-4-3-5-13(8-12)19-11(2)20/h3-10,18,21H,1-2H3,(H,19,20). The third-order valence-corrected chi connectivity index (χ3v) is 3.34. The first-order valence-corrected chi connectivity index (χ1v) is 6.96. The molecule has 2 rings (SSSR count). The van der Waals surface area contributed by atoms with Gasteiger partial charge in [-0.15, -0.1) is 0 Å². The highest BCUT2D eigenvalue weighted by Gasteiger charge is 2.08. The third kappa shape index (κ3) is 4.13. The smallest absolute Gasteiger partial charge is 0.221 e. The average molecular weight is 305 g/mol. The summed E-state index contributed by atoms with van der Waals surface area (Å²) >= 11 is 5.89. The minimum atomic E-state index is -0.0990. The maximum absolute atomic E-state index is 11.1. The zero-order valence-corrected chi connectivity index (χ0v) is 12.6. The van der Waals surface area contributed by atoms with Gasteiger partial charge in [0, 0.05) is 24.3 Å². The van der Waals surface area contributed by atoms with Crippen LogP contribution in [0.4, 0.5) is 11.4 Å². The SMILES string of the molecule is CC(=O)Nc1cccc(C(C)Nc2ccc(O)c(Cl)c2)c1. The normalized spacial score (nSPS) is 11.8. The molecule has 1 unspecified atom stereocenters. The van der Waals surface area contributed by atoms with Gasteiger partial charge >= 0.3 is 0 Å². The lowest BCUT2D eigenvalue weighted by atomic mass is 10.1. The van der Waals surface area contributed by atoms with Crippen molar-refractivity contribution in [3.63, 3.8) is 0 Å². The minimum Gasteiger partial charge on any atom is -0.506 e. The second-order valence-electron chi connectivity index (χ2n) is 4.84. The number of aromatic hydroxyl groups is 1. The molecule has 3 N–H and O–H groups in total. The summed E-state index contributed by atoms with van der Waals surface area (Å²) in [6.07, 6.45) is 0. The number of hydrogen-bond acceptors (Lipinski definition) is 3. The molecule has 0 aliphatic heterocycles. The van der Waals surface area contributed by atoms with Crippen LogP contribution in [0.1, 0.15) is 25.5 Å². The number of phenols is 1. The molecule has 0 saturated heterocycles. The fourth-order valence-electron chi connectivity index (χ4n) is 2.02. The largest absolute Gasteiger partial charge is 0.506 e. The van der Waals surface area contributed by atoms with E-state index in [1.165, 1.54) is 6.92 Å². The Balaban J connectivity index is 2.14. The molecule has 0 aromatic heterocycles. The first kappa shape index (κ1) is 15.2. The number of hydrogen-bond donors (Lipinski definition) is 3. The zero-order chi connectivity index (χ0) is 15.4. The van der Waals surface area contributed by atoms with Crippen LogP contribution in [0.3, 0.4) is 0 Å². The molecule has 0 radical (unpaired) electrons. The molecule has 4 nitrogen and oxygen atoms in total. The molecular formula is C16H17ClN2O2. The Morgan fingerprint density at radius 2 is 1.95 bits per heavy atom. The van der Waals surface area contributed by atoms with Gasteiger partial charge in [0.25, 0.3) is 0 Å². The number of anilines is 2. The van der Waals surface area contributed by atoms with Gasteiger partial charge in [0.15, 0.2) is 0 Å². The summed E-state index contributed by atoms with van der Waals surface area (Å²) in [7, 11) is 0. The maximum atomic E-state index is 11.1. The number of nitrogens with one attached hydrogen (secondary N) is 2. The van der Waals surface area contributed by atoms with Gasteiger partial charge in [-0.3, -0.25) is 4.79 Å². The predicted molar refractivity (Wildman–Crippen MR) is 85.9 cm³/mol. The number of rotatable bonds is 4. The van der Waals surface area contributed by atoms with Crippen molar-refractivity contribution >= 4 is 28.9 Å². The highest BCUT2D eigenvalue weighted by molar-refractivity contribution is 6.32. The monoisotopic (exact) mass is 304 g/mol. The Morgan fingerprint density at radius 1 is 1.19 bits per heavy atom. The van der Waals surface area contributed by atoms with Crippen LogP contribution < -0.4 is 10.6 Å². The molecule has 0 fully saturated rings. The number of carbonyl (C=O) groups is 1. The number of carbonyl (C=O) groups excluding carboxylic acids is 1. The van der Waals surface area contributed by atoms with E-state index in [2.05, 4.69) is 10.6 Å². The van der Waals surface area contributed by atoms with Crippen LogP contribution in [0, 0.1) is 0 Å². The van der Waals surface area contributed by atoms with E-state index in [1.54, 1.807) is 18.2 Å². The fraction of sp³-hybridized carbons (Fsp3) is 0.188. The first-order chi connectivity index (χ1) is 9.95. The molecular weight excluding hydrogens is 288 g/mol. The van der Waals surface area contributed by atoms with Crippen molar-refractivity contribution in [2.45, 2.75) is 19.9 Å². The van der Waals surface area contributed by atoms with Crippen LogP contribution in [0.5, 0.6) is 5.75 Å². The molecule has 0 spiro atoms. The summed E-state index contributed by atoms with van der Waals surface area (Å²) in [5, 5.41) is 15.8. The molecule has 0 aliphatic rings. The average Bonchev–Trinajstić information content (AvgIpc) is 2.42. The summed E-state index contributed by atoms with van der Waals surface area (Å²) in [5.74, 6) is -0.0411. The molecule has 0 bridgehead atoms. The minimum absolute atomic E-state index is 0.0271. The molecule has 1 amide bonds. The molecule has 0 heterocycles. The molecule has 0 saturated carbocycles. The van der Waals surface area contributed by atoms with Crippen molar-refractivity contribution in [3.8, 4) is 5.75 Å². The summed E-state index contributed by atoms with van der Waals surface area (Å²) in [6.45, 7) is 3.49. The van der Waals surface area contributed by atoms with Crippen LogP contribution in [-0.4, -0.2) is 11.0 Å². The molecule has 110 valence electrons. The van der Waals surface area contributed by atoms with Gasteiger partial charge in [0.1, 0.15) is 5.75 Å². The van der Waals surface area contributed by atoms with Crippen LogP contribution in [0.25, 0.3) is 0 Å². The zero-order valence-electron chi connectivity index (χ0n) is 11.9. The van der Waals surface area contributed by atoms with E-state index in [0.717, 1.165) is 16.9 Å². The highest BCUT2D eigenvalue weighted by Crippen LogP contribution is 2.28. The van der Waals surface area contributed by atoms with Crippen LogP contribution in [0.15, 0.2) is 42.5 Å². The van der Waals surface area contributed by atoms with Crippen LogP contribution in [-0.2, 0) is 4.79 Å². The van der Waals surface area contributed by atoms with Gasteiger partial charge in [-0.1, -0.05) is 23.7 Å². The van der Waals surface area contributed by atoms with E-state index in [9.17, 15) is 9.90 Å². The Labute approximate surface area is 128 Å². The molecule has 0 aliphatic carbocycles. The van der Waals surface area contributed by atoms with Crippen LogP contribution in [0.2, 0.25) is 5.02 Å². The Bertz CT molecular complexity index is 658. The van der Waals surface area contributed by atoms with E-state index in [0.29, 0.717) is 5.02 Å². The first-order valence-electron chi connectivity index (χ1n) is 6.58. The molecule has 2 aromatic rings. The van der Waals surface area contributed by atoms with Crippen molar-refractivity contribution in [1.82, 2.24) is 0 Å². The topological polar surface area (TPSA) is 61.4 Å². The fourth-order valence-corrected chi connectivity index (χ4v) is 2.20. The van der Waals surface area contributed by atoms with Gasteiger partial charge < -0.3 is 15.7 Å². The van der Waals surface area contributed by atoms with Gasteiger partial charge in [0.2, 0.25) is 5.91 Å². The molecule has 1 atom stereocenters. The van der Waals surface area contributed by atoms with Crippen molar-refractivity contribution in [1.29, 1.82) is 0 Å². The van der Waals surface area contributed by atoms with Crippen molar-refractivity contribution in [2.24, 2.45) is 0 Å². The van der Waals surface area contributed by atoms with Crippen molar-refractivity contribution in [3.05, 3.63) is 53.1 Å². The van der Waals surface area contributed by atoms with Gasteiger partial charge in [-0.2, -0.15) is 0 Å². The van der Waals surface area contributed by atoms with Crippen LogP contribution >= 0.6 is 11.6 Å². The Morgan fingerprint density at radius 3 is 2.62 bits per heavy atom. The Hall–Kier alpha value is -2.20. The predicted octanol–water partition coefficient (Wildman–Crippen LogP) is 4.18. The second-order valence-corrected chi connectivity index (χ2v) is 5.25. The van der Waals surface area contributed by atoms with Gasteiger partial charge in [-0.05, 0) is 42.8 Å². The highest BCUT2D eigenvalue weighted by atomic mass is 35.5. The van der Waals surface area contributed by atoms with E-state index < -0.39 is 0 Å². The summed E-state index contributed by atoms with van der Waals surface area (Å²) < 4.78 is 0. The summed E-state index contributed by atoms with van der Waals surface area (Å²) in [4.78, 5) is 11.1. The van der Waals surface area contributed by atoms with E-state index in [1.807, 2.05) is 31.2 Å². The maximum Gasteiger partial charge on any atom is 0.221 e. The van der Waals surface area contributed by atoms with Crippen molar-refractivity contribution < 1.29 is 9.90 Å². The number of amides is 1. The van der Waals surface area contributed by atoms with E-state index >= 15 is 0 Å². The lowest BCUT2D eigenvalue weighted by Crippen LogP contribution is -2.09. The molecule has 21 heavy (non-hydrogen) atoms. The second kappa shape index (κ2) is 6.50. The van der Waals surface area contributed by atoms with Gasteiger partial charge in [-0.25, -0.2) is 0 Å². The lowest BCUT2D eigenvalue weighted by Gasteiger charge is -2.17.